The molecule has 0 unspecified atom stereocenters. The molecule has 0 aliphatic rings. The molecule has 256 valence electrons. The third kappa shape index (κ3) is 33.5. The van der Waals surface area contributed by atoms with Crippen molar-refractivity contribution < 1.29 is 61.9 Å². The van der Waals surface area contributed by atoms with Gasteiger partial charge in [-0.15, -0.1) is 0 Å². The van der Waals surface area contributed by atoms with Crippen molar-refractivity contribution in [3.8, 4) is 0 Å². The molecular formula is C26H49N5O13. The highest BCUT2D eigenvalue weighted by Crippen LogP contribution is 1.84. The molecule has 18 nitrogen and oxygen atoms in total. The highest BCUT2D eigenvalue weighted by molar-refractivity contribution is 5.77. The second-order valence-electron chi connectivity index (χ2n) is 8.66. The van der Waals surface area contributed by atoms with E-state index in [0.717, 1.165) is 0 Å². The summed E-state index contributed by atoms with van der Waals surface area (Å²) in [6.45, 7) is 5.55. The minimum absolute atomic E-state index is 0.0939. The van der Waals surface area contributed by atoms with Gasteiger partial charge in [0.15, 0.2) is 0 Å². The van der Waals surface area contributed by atoms with Crippen molar-refractivity contribution >= 4 is 29.5 Å². The standard InChI is InChI=1S/C26H49N5O13/c1-22(32)28-2-6-37-11-15-42-19-24(34)30-4-8-39-13-17-44-21-26(36)31-5-9-40-12-16-43-20-25(35)29-3-7-38-10-14-41-18-23(27)33/h2-21H2,1H3,(H2,27,33)(H,28,32)(H,29,35)(H,30,34)(H,31,36). The SMILES string of the molecule is CC(=O)NCCOCCOCC(=O)NCCOCCOCC(=O)NCCOCCOCC(=O)NCCOCCOCC(N)=O. The zero-order valence-electron chi connectivity index (χ0n) is 25.5. The Kier molecular flexibility index (Phi) is 29.3. The van der Waals surface area contributed by atoms with Crippen LogP contribution in [0.25, 0.3) is 0 Å². The summed E-state index contributed by atoms with van der Waals surface area (Å²) < 4.78 is 41.7. The average molecular weight is 640 g/mol. The summed E-state index contributed by atoms with van der Waals surface area (Å²) in [7, 11) is 0. The molecule has 0 rings (SSSR count). The molecule has 44 heavy (non-hydrogen) atoms. The number of carbonyl (C=O) groups excluding carboxylic acids is 5. The van der Waals surface area contributed by atoms with Crippen LogP contribution in [0.15, 0.2) is 0 Å². The first-order valence-corrected chi connectivity index (χ1v) is 14.3. The molecule has 0 aliphatic heterocycles. The fourth-order valence-electron chi connectivity index (χ4n) is 2.79. The topological polar surface area (TPSA) is 233 Å². The Morgan fingerprint density at radius 3 is 0.977 bits per heavy atom. The molecule has 0 saturated carbocycles. The summed E-state index contributed by atoms with van der Waals surface area (Å²) in [5.74, 6) is -1.53. The maximum Gasteiger partial charge on any atom is 0.246 e. The van der Waals surface area contributed by atoms with Crippen LogP contribution in [0, 0.1) is 0 Å². The van der Waals surface area contributed by atoms with Crippen LogP contribution in [-0.4, -0.2) is 161 Å². The van der Waals surface area contributed by atoms with E-state index in [1.165, 1.54) is 6.92 Å². The van der Waals surface area contributed by atoms with Crippen molar-refractivity contribution in [2.75, 3.05) is 132 Å². The molecule has 0 aliphatic carbocycles. The van der Waals surface area contributed by atoms with Gasteiger partial charge in [-0.1, -0.05) is 0 Å². The van der Waals surface area contributed by atoms with E-state index in [1.807, 2.05) is 0 Å². The lowest BCUT2D eigenvalue weighted by atomic mass is 10.5. The van der Waals surface area contributed by atoms with Gasteiger partial charge in [0, 0.05) is 33.1 Å². The van der Waals surface area contributed by atoms with Gasteiger partial charge in [-0.05, 0) is 0 Å². The predicted octanol–water partition coefficient (Wildman–Crippen LogP) is -3.91. The zero-order chi connectivity index (χ0) is 32.5. The van der Waals surface area contributed by atoms with Gasteiger partial charge < -0.3 is 64.9 Å². The van der Waals surface area contributed by atoms with Gasteiger partial charge in [0.1, 0.15) is 26.4 Å². The van der Waals surface area contributed by atoms with Gasteiger partial charge in [0.05, 0.1) is 79.3 Å². The number of primary amides is 1. The number of carbonyl (C=O) groups is 5. The van der Waals surface area contributed by atoms with E-state index in [4.69, 9.17) is 43.6 Å². The van der Waals surface area contributed by atoms with Crippen molar-refractivity contribution in [3.05, 3.63) is 0 Å². The van der Waals surface area contributed by atoms with Crippen LogP contribution in [0.2, 0.25) is 0 Å². The molecule has 5 amide bonds. The molecule has 0 radical (unpaired) electrons. The van der Waals surface area contributed by atoms with Gasteiger partial charge in [-0.2, -0.15) is 0 Å². The van der Waals surface area contributed by atoms with Gasteiger partial charge >= 0.3 is 0 Å². The van der Waals surface area contributed by atoms with Crippen molar-refractivity contribution in [3.63, 3.8) is 0 Å². The lowest BCUT2D eigenvalue weighted by Gasteiger charge is -2.09. The predicted molar refractivity (Wildman–Crippen MR) is 153 cm³/mol. The fraction of sp³-hybridized carbons (Fsp3) is 0.808. The lowest BCUT2D eigenvalue weighted by Crippen LogP contribution is -2.32. The quantitative estimate of drug-likeness (QED) is 0.0443. The maximum atomic E-state index is 11.7. The first kappa shape index (κ1) is 41.0. The molecule has 0 heterocycles. The summed E-state index contributed by atoms with van der Waals surface area (Å²) >= 11 is 0. The van der Waals surface area contributed by atoms with Crippen LogP contribution in [-0.2, 0) is 61.9 Å². The van der Waals surface area contributed by atoms with Crippen LogP contribution in [0.4, 0.5) is 0 Å². The highest BCUT2D eigenvalue weighted by atomic mass is 16.5. The Bertz CT molecular complexity index is 717. The van der Waals surface area contributed by atoms with E-state index >= 15 is 0 Å². The number of hydrogen-bond donors (Lipinski definition) is 5. The van der Waals surface area contributed by atoms with E-state index in [0.29, 0.717) is 46.0 Å². The number of hydrogen-bond acceptors (Lipinski definition) is 13. The third-order valence-electron chi connectivity index (χ3n) is 4.76. The van der Waals surface area contributed by atoms with E-state index in [9.17, 15) is 24.0 Å². The van der Waals surface area contributed by atoms with Crippen LogP contribution < -0.4 is 27.0 Å². The summed E-state index contributed by atoms with van der Waals surface area (Å²) in [6, 6.07) is 0. The van der Waals surface area contributed by atoms with Crippen molar-refractivity contribution in [2.45, 2.75) is 6.92 Å². The number of rotatable bonds is 32. The van der Waals surface area contributed by atoms with Crippen molar-refractivity contribution in [1.29, 1.82) is 0 Å². The lowest BCUT2D eigenvalue weighted by molar-refractivity contribution is -0.128. The molecule has 0 aromatic carbocycles. The molecule has 0 fully saturated rings. The van der Waals surface area contributed by atoms with Gasteiger partial charge in [0.2, 0.25) is 29.5 Å². The monoisotopic (exact) mass is 639 g/mol. The Balaban J connectivity index is 3.34. The van der Waals surface area contributed by atoms with E-state index in [2.05, 4.69) is 21.3 Å². The Hall–Kier alpha value is -2.97. The number of nitrogens with one attached hydrogen (secondary N) is 4. The number of amides is 5. The first-order valence-electron chi connectivity index (χ1n) is 14.3. The van der Waals surface area contributed by atoms with Crippen molar-refractivity contribution in [1.82, 2.24) is 21.3 Å². The van der Waals surface area contributed by atoms with Crippen LogP contribution >= 0.6 is 0 Å². The van der Waals surface area contributed by atoms with Gasteiger partial charge in [0.25, 0.3) is 0 Å². The minimum atomic E-state index is -0.547. The summed E-state index contributed by atoms with van der Waals surface area (Å²) in [6.07, 6.45) is 0. The average Bonchev–Trinajstić information content (AvgIpc) is 2.98. The van der Waals surface area contributed by atoms with Crippen molar-refractivity contribution in [2.24, 2.45) is 5.73 Å². The van der Waals surface area contributed by atoms with Crippen LogP contribution in [0.1, 0.15) is 6.92 Å². The molecule has 0 bridgehead atoms. The van der Waals surface area contributed by atoms with E-state index in [1.54, 1.807) is 0 Å². The summed E-state index contributed by atoms with van der Waals surface area (Å²) in [4.78, 5) is 56.2. The summed E-state index contributed by atoms with van der Waals surface area (Å²) in [5.41, 5.74) is 4.93. The molecule has 0 aromatic rings. The number of ether oxygens (including phenoxy) is 8. The van der Waals surface area contributed by atoms with E-state index < -0.39 is 5.91 Å². The molecule has 0 spiro atoms. The largest absolute Gasteiger partial charge is 0.377 e. The molecule has 0 atom stereocenters. The second-order valence-corrected chi connectivity index (χ2v) is 8.66. The Labute approximate surface area is 257 Å². The third-order valence-corrected chi connectivity index (χ3v) is 4.76. The molecule has 0 saturated heterocycles. The first-order chi connectivity index (χ1) is 21.3. The maximum absolute atomic E-state index is 11.7. The Morgan fingerprint density at radius 1 is 0.409 bits per heavy atom. The van der Waals surface area contributed by atoms with Crippen LogP contribution in [0.5, 0.6) is 0 Å². The Morgan fingerprint density at radius 2 is 0.682 bits per heavy atom. The molecule has 18 heteroatoms. The van der Waals surface area contributed by atoms with Gasteiger partial charge in [-0.25, -0.2) is 0 Å². The molecular weight excluding hydrogens is 590 g/mol. The molecule has 0 aromatic heterocycles. The highest BCUT2D eigenvalue weighted by Gasteiger charge is 2.04. The fourth-order valence-corrected chi connectivity index (χ4v) is 2.79. The summed E-state index contributed by atoms with van der Waals surface area (Å²) in [5, 5.41) is 10.5. The van der Waals surface area contributed by atoms with Crippen LogP contribution in [0.3, 0.4) is 0 Å². The number of nitrogens with two attached hydrogens (primary N) is 1. The molecule has 6 N–H and O–H groups in total. The zero-order valence-corrected chi connectivity index (χ0v) is 25.5. The normalized spacial score (nSPS) is 10.8. The van der Waals surface area contributed by atoms with E-state index in [-0.39, 0.29) is 110 Å². The minimum Gasteiger partial charge on any atom is -0.377 e. The second kappa shape index (κ2) is 31.5. The van der Waals surface area contributed by atoms with Gasteiger partial charge in [-0.3, -0.25) is 24.0 Å². The smallest absolute Gasteiger partial charge is 0.246 e.